The second-order valence-corrected chi connectivity index (χ2v) is 7.36. The van der Waals surface area contributed by atoms with Crippen molar-refractivity contribution in [2.45, 2.75) is 59.1 Å². The zero-order chi connectivity index (χ0) is 17.6. The van der Waals surface area contributed by atoms with Gasteiger partial charge in [-0.15, -0.1) is 5.10 Å². The molecular formula is C19H26N4O2. The summed E-state index contributed by atoms with van der Waals surface area (Å²) in [5, 5.41) is 18.0. The molecule has 3 heterocycles. The minimum absolute atomic E-state index is 0.103. The molecule has 0 spiro atoms. The van der Waals surface area contributed by atoms with E-state index in [-0.39, 0.29) is 18.8 Å². The van der Waals surface area contributed by atoms with Gasteiger partial charge in [0.2, 0.25) is 0 Å². The molecule has 1 saturated heterocycles. The van der Waals surface area contributed by atoms with Crippen molar-refractivity contribution < 1.29 is 9.84 Å². The quantitative estimate of drug-likeness (QED) is 0.925. The molecule has 6 nitrogen and oxygen atoms in total. The molecule has 25 heavy (non-hydrogen) atoms. The van der Waals surface area contributed by atoms with E-state index in [0.29, 0.717) is 6.61 Å². The number of ether oxygens (including phenoxy) is 1. The molecular weight excluding hydrogens is 316 g/mol. The third-order valence-electron chi connectivity index (χ3n) is 5.84. The summed E-state index contributed by atoms with van der Waals surface area (Å²) in [4.78, 5) is 2.48. The van der Waals surface area contributed by atoms with Crippen LogP contribution in [0.25, 0.3) is 0 Å². The summed E-state index contributed by atoms with van der Waals surface area (Å²) in [5.74, 6) is 0. The summed E-state index contributed by atoms with van der Waals surface area (Å²) in [5.41, 5.74) is 7.17. The highest BCUT2D eigenvalue weighted by atomic mass is 16.5. The predicted octanol–water partition coefficient (Wildman–Crippen LogP) is 2.04. The standard InChI is InChI=1S/C19H26N4O2/c1-12-6-13(2)17(10-24)14(3)16(12)8-22-5-4-19-18(9-22)23-15(11-25-19)7-20-21-23/h6-7,18-19,24H,4-5,8-11H2,1-3H3/t18-,19-/m0/s1. The van der Waals surface area contributed by atoms with Crippen LogP contribution in [0.2, 0.25) is 0 Å². The number of aliphatic hydroxyl groups excluding tert-OH is 1. The molecule has 0 radical (unpaired) electrons. The average Bonchev–Trinajstić information content (AvgIpc) is 3.08. The third kappa shape index (κ3) is 2.88. The Morgan fingerprint density at radius 2 is 2.04 bits per heavy atom. The van der Waals surface area contributed by atoms with E-state index in [0.717, 1.165) is 37.3 Å². The van der Waals surface area contributed by atoms with Gasteiger partial charge in [0.25, 0.3) is 0 Å². The molecule has 0 unspecified atom stereocenters. The average molecular weight is 342 g/mol. The summed E-state index contributed by atoms with van der Waals surface area (Å²) in [6, 6.07) is 2.43. The van der Waals surface area contributed by atoms with Crippen molar-refractivity contribution in [3.63, 3.8) is 0 Å². The number of hydrogen-bond acceptors (Lipinski definition) is 5. The zero-order valence-corrected chi connectivity index (χ0v) is 15.2. The van der Waals surface area contributed by atoms with E-state index in [1.807, 2.05) is 4.68 Å². The second kappa shape index (κ2) is 6.52. The first kappa shape index (κ1) is 16.7. The Balaban J connectivity index is 1.57. The van der Waals surface area contributed by atoms with Gasteiger partial charge in [-0.1, -0.05) is 11.3 Å². The fourth-order valence-corrected chi connectivity index (χ4v) is 4.37. The Kier molecular flexibility index (Phi) is 4.35. The SMILES string of the molecule is Cc1cc(C)c(CN2CC[C@@H]3OCc4cnnn4[C@H]3C2)c(C)c1CO. The van der Waals surface area contributed by atoms with Gasteiger partial charge in [0.1, 0.15) is 0 Å². The highest BCUT2D eigenvalue weighted by Crippen LogP contribution is 2.32. The minimum atomic E-state index is 0.103. The molecule has 2 atom stereocenters. The monoisotopic (exact) mass is 342 g/mol. The summed E-state index contributed by atoms with van der Waals surface area (Å²) in [7, 11) is 0. The van der Waals surface area contributed by atoms with Gasteiger partial charge in [0, 0.05) is 19.6 Å². The number of rotatable bonds is 3. The predicted molar refractivity (Wildman–Crippen MR) is 94.1 cm³/mol. The number of aromatic nitrogens is 3. The summed E-state index contributed by atoms with van der Waals surface area (Å²) >= 11 is 0. The molecule has 1 fully saturated rings. The number of piperidine rings is 1. The number of aliphatic hydroxyl groups is 1. The number of hydrogen-bond donors (Lipinski definition) is 1. The Morgan fingerprint density at radius 1 is 1.24 bits per heavy atom. The highest BCUT2D eigenvalue weighted by molar-refractivity contribution is 5.44. The van der Waals surface area contributed by atoms with Crippen LogP contribution in [0.5, 0.6) is 0 Å². The Labute approximate surface area is 148 Å². The molecule has 1 aromatic heterocycles. The van der Waals surface area contributed by atoms with Gasteiger partial charge < -0.3 is 9.84 Å². The molecule has 2 aliphatic rings. The minimum Gasteiger partial charge on any atom is -0.392 e. The fourth-order valence-electron chi connectivity index (χ4n) is 4.37. The molecule has 1 aromatic carbocycles. The first-order chi connectivity index (χ1) is 12.1. The van der Waals surface area contributed by atoms with Crippen molar-refractivity contribution in [1.82, 2.24) is 19.9 Å². The van der Waals surface area contributed by atoms with Crippen LogP contribution in [0.3, 0.4) is 0 Å². The molecule has 134 valence electrons. The number of fused-ring (bicyclic) bond motifs is 3. The Hall–Kier alpha value is -1.76. The summed E-state index contributed by atoms with van der Waals surface area (Å²) < 4.78 is 8.05. The van der Waals surface area contributed by atoms with Crippen LogP contribution in [0, 0.1) is 20.8 Å². The maximum atomic E-state index is 9.71. The van der Waals surface area contributed by atoms with Gasteiger partial charge in [-0.3, -0.25) is 4.90 Å². The van der Waals surface area contributed by atoms with E-state index in [1.165, 1.54) is 22.3 Å². The lowest BCUT2D eigenvalue weighted by Crippen LogP contribution is -2.47. The maximum Gasteiger partial charge on any atom is 0.0930 e. The smallest absolute Gasteiger partial charge is 0.0930 e. The van der Waals surface area contributed by atoms with Crippen LogP contribution in [0.15, 0.2) is 12.3 Å². The molecule has 4 rings (SSSR count). The first-order valence-electron chi connectivity index (χ1n) is 9.01. The van der Waals surface area contributed by atoms with E-state index >= 15 is 0 Å². The van der Waals surface area contributed by atoms with E-state index < -0.39 is 0 Å². The lowest BCUT2D eigenvalue weighted by Gasteiger charge is -2.41. The molecule has 1 N–H and O–H groups in total. The van der Waals surface area contributed by atoms with Gasteiger partial charge in [-0.05, 0) is 55.0 Å². The summed E-state index contributed by atoms with van der Waals surface area (Å²) in [6.07, 6.45) is 3.05. The number of benzene rings is 1. The normalized spacial score (nSPS) is 23.4. The van der Waals surface area contributed by atoms with Crippen molar-refractivity contribution in [3.05, 3.63) is 45.8 Å². The van der Waals surface area contributed by atoms with E-state index in [4.69, 9.17) is 4.74 Å². The van der Waals surface area contributed by atoms with Crippen molar-refractivity contribution in [1.29, 1.82) is 0 Å². The van der Waals surface area contributed by atoms with Crippen molar-refractivity contribution >= 4 is 0 Å². The molecule has 2 aliphatic heterocycles. The number of aryl methyl sites for hydroxylation is 2. The summed E-state index contributed by atoms with van der Waals surface area (Å²) in [6.45, 7) is 9.94. The van der Waals surface area contributed by atoms with Gasteiger partial charge in [0.15, 0.2) is 0 Å². The highest BCUT2D eigenvalue weighted by Gasteiger charge is 2.36. The number of likely N-dealkylation sites (tertiary alicyclic amines) is 1. The Bertz CT molecular complexity index is 786. The van der Waals surface area contributed by atoms with E-state index in [2.05, 4.69) is 42.0 Å². The van der Waals surface area contributed by atoms with Crippen LogP contribution >= 0.6 is 0 Å². The Morgan fingerprint density at radius 3 is 2.84 bits per heavy atom. The lowest BCUT2D eigenvalue weighted by atomic mass is 9.92. The zero-order valence-electron chi connectivity index (χ0n) is 15.2. The van der Waals surface area contributed by atoms with Crippen molar-refractivity contribution in [2.75, 3.05) is 13.1 Å². The van der Waals surface area contributed by atoms with Crippen molar-refractivity contribution in [2.24, 2.45) is 0 Å². The van der Waals surface area contributed by atoms with Crippen molar-refractivity contribution in [3.8, 4) is 0 Å². The first-order valence-corrected chi connectivity index (χ1v) is 9.01. The largest absolute Gasteiger partial charge is 0.392 e. The lowest BCUT2D eigenvalue weighted by molar-refractivity contribution is -0.0670. The van der Waals surface area contributed by atoms with Crippen LogP contribution in [-0.2, 0) is 24.5 Å². The third-order valence-corrected chi connectivity index (χ3v) is 5.84. The van der Waals surface area contributed by atoms with Crippen LogP contribution in [0.1, 0.15) is 46.0 Å². The molecule has 2 aromatic rings. The van der Waals surface area contributed by atoms with Crippen LogP contribution in [-0.4, -0.2) is 44.2 Å². The fraction of sp³-hybridized carbons (Fsp3) is 0.579. The van der Waals surface area contributed by atoms with E-state index in [1.54, 1.807) is 6.20 Å². The second-order valence-electron chi connectivity index (χ2n) is 7.36. The molecule has 6 heteroatoms. The topological polar surface area (TPSA) is 63.4 Å². The molecule has 0 bridgehead atoms. The van der Waals surface area contributed by atoms with E-state index in [9.17, 15) is 5.11 Å². The van der Waals surface area contributed by atoms with Gasteiger partial charge >= 0.3 is 0 Å². The molecule has 0 aliphatic carbocycles. The van der Waals surface area contributed by atoms with Gasteiger partial charge in [0.05, 0.1) is 37.3 Å². The molecule has 0 saturated carbocycles. The van der Waals surface area contributed by atoms with Gasteiger partial charge in [-0.2, -0.15) is 0 Å². The molecule has 0 amide bonds. The number of nitrogens with zero attached hydrogens (tertiary/aromatic N) is 4. The van der Waals surface area contributed by atoms with Crippen LogP contribution < -0.4 is 0 Å². The van der Waals surface area contributed by atoms with Gasteiger partial charge in [-0.25, -0.2) is 4.68 Å². The maximum absolute atomic E-state index is 9.71. The van der Waals surface area contributed by atoms with Crippen LogP contribution in [0.4, 0.5) is 0 Å².